The number of unbranched alkanes of at least 4 members (excludes halogenated alkanes) is 2. The molecule has 0 aliphatic heterocycles. The number of rotatable bonds is 8. The lowest BCUT2D eigenvalue weighted by atomic mass is 10.2. The Bertz CT molecular complexity index is 393. The summed E-state index contributed by atoms with van der Waals surface area (Å²) in [7, 11) is 0. The number of anilines is 1. The zero-order valence-electron chi connectivity index (χ0n) is 12.2. The highest BCUT2D eigenvalue weighted by atomic mass is 16.1. The van der Waals surface area contributed by atoms with Crippen LogP contribution in [0.25, 0.3) is 0 Å². The van der Waals surface area contributed by atoms with Gasteiger partial charge in [0.2, 0.25) is 0 Å². The molecule has 0 aromatic carbocycles. The molecule has 1 unspecified atom stereocenters. The van der Waals surface area contributed by atoms with Crippen molar-refractivity contribution in [2.45, 2.75) is 52.5 Å². The summed E-state index contributed by atoms with van der Waals surface area (Å²) in [5.41, 5.74) is 1.42. The third-order valence-corrected chi connectivity index (χ3v) is 3.08. The van der Waals surface area contributed by atoms with Crippen molar-refractivity contribution in [3.63, 3.8) is 0 Å². The number of pyridine rings is 1. The average Bonchev–Trinajstić information content (AvgIpc) is 2.43. The molecule has 0 bridgehead atoms. The Kier molecular flexibility index (Phi) is 6.93. The number of amides is 1. The molecule has 0 aliphatic carbocycles. The molecule has 0 spiro atoms. The number of nitrogens with zero attached hydrogens (tertiary/aromatic N) is 1. The van der Waals surface area contributed by atoms with Gasteiger partial charge in [0.15, 0.2) is 0 Å². The van der Waals surface area contributed by atoms with Gasteiger partial charge in [-0.1, -0.05) is 26.7 Å². The summed E-state index contributed by atoms with van der Waals surface area (Å²) in [6.45, 7) is 7.11. The van der Waals surface area contributed by atoms with E-state index in [1.165, 1.54) is 0 Å². The van der Waals surface area contributed by atoms with Crippen molar-refractivity contribution in [2.24, 2.45) is 0 Å². The van der Waals surface area contributed by atoms with Gasteiger partial charge >= 0.3 is 0 Å². The van der Waals surface area contributed by atoms with Gasteiger partial charge in [0.1, 0.15) is 5.69 Å². The second kappa shape index (κ2) is 8.51. The van der Waals surface area contributed by atoms with Gasteiger partial charge in [-0.3, -0.25) is 9.78 Å². The molecule has 0 saturated heterocycles. The molecule has 19 heavy (non-hydrogen) atoms. The third kappa shape index (κ3) is 5.73. The van der Waals surface area contributed by atoms with Crippen molar-refractivity contribution in [3.8, 4) is 0 Å². The van der Waals surface area contributed by atoms with Crippen LogP contribution in [-0.4, -0.2) is 23.5 Å². The Morgan fingerprint density at radius 2 is 2.16 bits per heavy atom. The van der Waals surface area contributed by atoms with E-state index in [-0.39, 0.29) is 5.91 Å². The average molecular weight is 263 g/mol. The molecule has 0 saturated carbocycles. The van der Waals surface area contributed by atoms with E-state index >= 15 is 0 Å². The number of hydrogen-bond donors (Lipinski definition) is 2. The van der Waals surface area contributed by atoms with Gasteiger partial charge < -0.3 is 10.6 Å². The minimum absolute atomic E-state index is 0.0936. The molecule has 4 nitrogen and oxygen atoms in total. The predicted molar refractivity (Wildman–Crippen MR) is 79.5 cm³/mol. The van der Waals surface area contributed by atoms with Gasteiger partial charge in [-0.05, 0) is 31.9 Å². The normalized spacial score (nSPS) is 11.9. The highest BCUT2D eigenvalue weighted by Crippen LogP contribution is 2.10. The Labute approximate surface area is 116 Å². The summed E-state index contributed by atoms with van der Waals surface area (Å²) in [5, 5.41) is 6.24. The van der Waals surface area contributed by atoms with Crippen LogP contribution in [0.4, 0.5) is 5.69 Å². The molecule has 1 atom stereocenters. The molecule has 1 aromatic heterocycles. The van der Waals surface area contributed by atoms with Crippen LogP contribution in [0.2, 0.25) is 0 Å². The fourth-order valence-corrected chi connectivity index (χ4v) is 1.70. The van der Waals surface area contributed by atoms with Crippen molar-refractivity contribution in [3.05, 3.63) is 24.0 Å². The van der Waals surface area contributed by atoms with Gasteiger partial charge in [0, 0.05) is 24.5 Å². The molecule has 4 heteroatoms. The van der Waals surface area contributed by atoms with Crippen LogP contribution < -0.4 is 10.6 Å². The van der Waals surface area contributed by atoms with Crippen LogP contribution >= 0.6 is 0 Å². The first kappa shape index (κ1) is 15.5. The van der Waals surface area contributed by atoms with E-state index in [0.29, 0.717) is 11.7 Å². The van der Waals surface area contributed by atoms with Gasteiger partial charge in [0.05, 0.1) is 0 Å². The number of carbonyl (C=O) groups is 1. The summed E-state index contributed by atoms with van der Waals surface area (Å²) < 4.78 is 0. The highest BCUT2D eigenvalue weighted by molar-refractivity contribution is 5.93. The minimum atomic E-state index is -0.0936. The van der Waals surface area contributed by atoms with E-state index in [9.17, 15) is 4.79 Å². The van der Waals surface area contributed by atoms with Crippen LogP contribution in [0.5, 0.6) is 0 Å². The van der Waals surface area contributed by atoms with Crippen LogP contribution in [0.1, 0.15) is 56.9 Å². The standard InChI is InChI=1S/C15H25N3O/c1-4-6-7-9-17-15(19)14-11-13(8-10-16-14)18-12(3)5-2/h8,10-12H,4-7,9H2,1-3H3,(H,16,18)(H,17,19). The van der Waals surface area contributed by atoms with Gasteiger partial charge in [-0.2, -0.15) is 0 Å². The third-order valence-electron chi connectivity index (χ3n) is 3.08. The first-order chi connectivity index (χ1) is 9.17. The Balaban J connectivity index is 2.52. The first-order valence-corrected chi connectivity index (χ1v) is 7.18. The predicted octanol–water partition coefficient (Wildman–Crippen LogP) is 3.21. The minimum Gasteiger partial charge on any atom is -0.382 e. The summed E-state index contributed by atoms with van der Waals surface area (Å²) >= 11 is 0. The van der Waals surface area contributed by atoms with E-state index in [1.54, 1.807) is 12.3 Å². The zero-order chi connectivity index (χ0) is 14.1. The van der Waals surface area contributed by atoms with Crippen molar-refractivity contribution < 1.29 is 4.79 Å². The molecule has 0 aliphatic rings. The number of nitrogens with one attached hydrogen (secondary N) is 2. The zero-order valence-corrected chi connectivity index (χ0v) is 12.2. The molecule has 1 rings (SSSR count). The number of hydrogen-bond acceptors (Lipinski definition) is 3. The maximum Gasteiger partial charge on any atom is 0.269 e. The second-order valence-corrected chi connectivity index (χ2v) is 4.85. The molecule has 106 valence electrons. The van der Waals surface area contributed by atoms with Crippen LogP contribution in [-0.2, 0) is 0 Å². The Hall–Kier alpha value is -1.58. The van der Waals surface area contributed by atoms with E-state index in [0.717, 1.165) is 37.9 Å². The molecule has 1 amide bonds. The summed E-state index contributed by atoms with van der Waals surface area (Å²) in [6, 6.07) is 4.09. The van der Waals surface area contributed by atoms with Gasteiger partial charge in [-0.25, -0.2) is 0 Å². The monoisotopic (exact) mass is 263 g/mol. The van der Waals surface area contributed by atoms with E-state index < -0.39 is 0 Å². The smallest absolute Gasteiger partial charge is 0.269 e. The number of carbonyl (C=O) groups excluding carboxylic acids is 1. The largest absolute Gasteiger partial charge is 0.382 e. The SMILES string of the molecule is CCCCCNC(=O)c1cc(NC(C)CC)ccn1. The van der Waals surface area contributed by atoms with E-state index in [2.05, 4.69) is 36.4 Å². The first-order valence-electron chi connectivity index (χ1n) is 7.18. The van der Waals surface area contributed by atoms with Crippen molar-refractivity contribution in [1.82, 2.24) is 10.3 Å². The van der Waals surface area contributed by atoms with E-state index in [1.807, 2.05) is 6.07 Å². The maximum absolute atomic E-state index is 11.9. The fourth-order valence-electron chi connectivity index (χ4n) is 1.70. The van der Waals surface area contributed by atoms with E-state index in [4.69, 9.17) is 0 Å². The Morgan fingerprint density at radius 3 is 2.84 bits per heavy atom. The highest BCUT2D eigenvalue weighted by Gasteiger charge is 2.08. The molecule has 1 aromatic rings. The van der Waals surface area contributed by atoms with Gasteiger partial charge in [0.25, 0.3) is 5.91 Å². The van der Waals surface area contributed by atoms with Crippen molar-refractivity contribution in [2.75, 3.05) is 11.9 Å². The molecular weight excluding hydrogens is 238 g/mol. The summed E-state index contributed by atoms with van der Waals surface area (Å²) in [4.78, 5) is 16.0. The van der Waals surface area contributed by atoms with Crippen LogP contribution in [0, 0.1) is 0 Å². The molecule has 2 N–H and O–H groups in total. The lowest BCUT2D eigenvalue weighted by Crippen LogP contribution is -2.25. The summed E-state index contributed by atoms with van der Waals surface area (Å²) in [6.07, 6.45) is 6.03. The number of aromatic nitrogens is 1. The fraction of sp³-hybridized carbons (Fsp3) is 0.600. The quantitative estimate of drug-likeness (QED) is 0.708. The van der Waals surface area contributed by atoms with Crippen LogP contribution in [0.3, 0.4) is 0 Å². The Morgan fingerprint density at radius 1 is 1.37 bits per heavy atom. The molecule has 1 heterocycles. The van der Waals surface area contributed by atoms with Crippen molar-refractivity contribution in [1.29, 1.82) is 0 Å². The molecular formula is C15H25N3O. The molecule has 0 radical (unpaired) electrons. The lowest BCUT2D eigenvalue weighted by Gasteiger charge is -2.13. The van der Waals surface area contributed by atoms with Crippen LogP contribution in [0.15, 0.2) is 18.3 Å². The molecule has 0 fully saturated rings. The lowest BCUT2D eigenvalue weighted by molar-refractivity contribution is 0.0948. The topological polar surface area (TPSA) is 54.0 Å². The van der Waals surface area contributed by atoms with Crippen molar-refractivity contribution >= 4 is 11.6 Å². The summed E-state index contributed by atoms with van der Waals surface area (Å²) in [5.74, 6) is -0.0936. The second-order valence-electron chi connectivity index (χ2n) is 4.85. The maximum atomic E-state index is 11.9. The van der Waals surface area contributed by atoms with Gasteiger partial charge in [-0.15, -0.1) is 0 Å².